The molecule has 2 aromatic carbocycles. The number of amides is 1. The standard InChI is InChI=1S/C24H24FNO6/c1-30-16-9-10-18(19(12-16)31-2)21-20(22(27)14-5-7-15(25)8-6-14)23(28)24(29)26(21)13-17-4-3-11-32-17/h5-10,12,17,21,27H,3-4,11,13H2,1-2H3. The first kappa shape index (κ1) is 21.8. The van der Waals surface area contributed by atoms with E-state index in [0.29, 0.717) is 23.7 Å². The zero-order chi connectivity index (χ0) is 22.8. The van der Waals surface area contributed by atoms with Crippen LogP contribution in [-0.2, 0) is 14.3 Å². The van der Waals surface area contributed by atoms with Crippen molar-refractivity contribution in [1.82, 2.24) is 4.90 Å². The van der Waals surface area contributed by atoms with Gasteiger partial charge in [-0.1, -0.05) is 0 Å². The number of carbonyl (C=O) groups excluding carboxylic acids is 2. The first-order chi connectivity index (χ1) is 15.4. The Morgan fingerprint density at radius 1 is 1.16 bits per heavy atom. The van der Waals surface area contributed by atoms with Crippen molar-refractivity contribution in [2.24, 2.45) is 0 Å². The van der Waals surface area contributed by atoms with Gasteiger partial charge in [0.15, 0.2) is 0 Å². The Kier molecular flexibility index (Phi) is 6.14. The molecule has 32 heavy (non-hydrogen) atoms. The van der Waals surface area contributed by atoms with Gasteiger partial charge < -0.3 is 24.2 Å². The van der Waals surface area contributed by atoms with Gasteiger partial charge >= 0.3 is 0 Å². The minimum Gasteiger partial charge on any atom is -0.507 e. The first-order valence-electron chi connectivity index (χ1n) is 10.3. The zero-order valence-corrected chi connectivity index (χ0v) is 17.8. The molecule has 0 aliphatic carbocycles. The van der Waals surface area contributed by atoms with Gasteiger partial charge in [0.25, 0.3) is 11.7 Å². The Labute approximate surface area is 185 Å². The third kappa shape index (κ3) is 3.93. The fourth-order valence-electron chi connectivity index (χ4n) is 4.21. The van der Waals surface area contributed by atoms with Crippen LogP contribution < -0.4 is 9.47 Å². The van der Waals surface area contributed by atoms with E-state index in [4.69, 9.17) is 14.2 Å². The normalized spacial score (nSPS) is 22.4. The summed E-state index contributed by atoms with van der Waals surface area (Å²) < 4.78 is 29.9. The highest BCUT2D eigenvalue weighted by molar-refractivity contribution is 6.46. The first-order valence-corrected chi connectivity index (χ1v) is 10.3. The van der Waals surface area contributed by atoms with Gasteiger partial charge in [-0.25, -0.2) is 4.39 Å². The number of methoxy groups -OCH3 is 2. The van der Waals surface area contributed by atoms with Crippen LogP contribution in [-0.4, -0.2) is 55.2 Å². The second-order valence-corrected chi connectivity index (χ2v) is 7.70. The molecule has 1 amide bonds. The molecule has 7 nitrogen and oxygen atoms in total. The van der Waals surface area contributed by atoms with Crippen LogP contribution in [0.5, 0.6) is 11.5 Å². The molecule has 0 radical (unpaired) electrons. The van der Waals surface area contributed by atoms with Crippen molar-refractivity contribution in [3.63, 3.8) is 0 Å². The molecular formula is C24H24FNO6. The van der Waals surface area contributed by atoms with Crippen molar-refractivity contribution < 1.29 is 33.3 Å². The second kappa shape index (κ2) is 9.00. The molecule has 2 atom stereocenters. The molecule has 2 aromatic rings. The van der Waals surface area contributed by atoms with Gasteiger partial charge in [-0.05, 0) is 49.2 Å². The van der Waals surface area contributed by atoms with E-state index in [-0.39, 0.29) is 29.5 Å². The maximum Gasteiger partial charge on any atom is 0.295 e. The summed E-state index contributed by atoms with van der Waals surface area (Å²) in [6.07, 6.45) is 1.44. The molecule has 0 saturated carbocycles. The van der Waals surface area contributed by atoms with E-state index < -0.39 is 23.5 Å². The summed E-state index contributed by atoms with van der Waals surface area (Å²) in [6, 6.07) is 9.24. The number of Topliss-reactive ketones (excluding diaryl/α,β-unsaturated/α-hetero) is 1. The highest BCUT2D eigenvalue weighted by atomic mass is 19.1. The molecule has 168 valence electrons. The van der Waals surface area contributed by atoms with Crippen LogP contribution >= 0.6 is 0 Å². The number of benzene rings is 2. The number of aliphatic hydroxyl groups excluding tert-OH is 1. The van der Waals surface area contributed by atoms with Gasteiger partial charge in [-0.15, -0.1) is 0 Å². The lowest BCUT2D eigenvalue weighted by atomic mass is 9.94. The van der Waals surface area contributed by atoms with Crippen LogP contribution in [0.15, 0.2) is 48.0 Å². The third-order valence-electron chi connectivity index (χ3n) is 5.82. The Hall–Kier alpha value is -3.39. The van der Waals surface area contributed by atoms with Gasteiger partial charge in [0.2, 0.25) is 0 Å². The molecule has 2 fully saturated rings. The monoisotopic (exact) mass is 441 g/mol. The number of halogens is 1. The Morgan fingerprint density at radius 2 is 1.91 bits per heavy atom. The lowest BCUT2D eigenvalue weighted by Crippen LogP contribution is -2.36. The van der Waals surface area contributed by atoms with Crippen LogP contribution in [0.2, 0.25) is 0 Å². The van der Waals surface area contributed by atoms with E-state index in [9.17, 15) is 19.1 Å². The van der Waals surface area contributed by atoms with Crippen molar-refractivity contribution in [2.75, 3.05) is 27.4 Å². The molecule has 2 aliphatic heterocycles. The second-order valence-electron chi connectivity index (χ2n) is 7.70. The number of ether oxygens (including phenoxy) is 3. The van der Waals surface area contributed by atoms with E-state index in [1.807, 2.05) is 0 Å². The van der Waals surface area contributed by atoms with Crippen LogP contribution in [0, 0.1) is 5.82 Å². The maximum absolute atomic E-state index is 13.4. The molecule has 0 spiro atoms. The van der Waals surface area contributed by atoms with Crippen molar-refractivity contribution in [2.45, 2.75) is 25.0 Å². The third-order valence-corrected chi connectivity index (χ3v) is 5.82. The summed E-state index contributed by atoms with van der Waals surface area (Å²) in [6.45, 7) is 0.797. The minimum atomic E-state index is -0.898. The summed E-state index contributed by atoms with van der Waals surface area (Å²) in [5, 5.41) is 11.0. The average molecular weight is 441 g/mol. The Balaban J connectivity index is 1.87. The van der Waals surface area contributed by atoms with Gasteiger partial charge in [0.05, 0.1) is 31.9 Å². The lowest BCUT2D eigenvalue weighted by Gasteiger charge is -2.28. The van der Waals surface area contributed by atoms with Crippen molar-refractivity contribution in [3.8, 4) is 11.5 Å². The molecule has 0 bridgehead atoms. The van der Waals surface area contributed by atoms with Crippen LogP contribution in [0.1, 0.15) is 30.0 Å². The lowest BCUT2D eigenvalue weighted by molar-refractivity contribution is -0.140. The molecule has 2 heterocycles. The summed E-state index contributed by atoms with van der Waals surface area (Å²) >= 11 is 0. The Bertz CT molecular complexity index is 1060. The minimum absolute atomic E-state index is 0.0805. The molecule has 4 rings (SSSR count). The fourth-order valence-corrected chi connectivity index (χ4v) is 4.21. The van der Waals surface area contributed by atoms with Gasteiger partial charge in [-0.3, -0.25) is 9.59 Å². The quantitative estimate of drug-likeness (QED) is 0.420. The number of hydrogen-bond acceptors (Lipinski definition) is 6. The fraction of sp³-hybridized carbons (Fsp3) is 0.333. The Morgan fingerprint density at radius 3 is 2.53 bits per heavy atom. The van der Waals surface area contributed by atoms with E-state index in [1.165, 1.54) is 43.4 Å². The van der Waals surface area contributed by atoms with Crippen molar-refractivity contribution in [1.29, 1.82) is 0 Å². The maximum atomic E-state index is 13.4. The predicted octanol–water partition coefficient (Wildman–Crippen LogP) is 3.44. The van der Waals surface area contributed by atoms with Gasteiger partial charge in [0, 0.05) is 30.3 Å². The number of rotatable bonds is 6. The predicted molar refractivity (Wildman–Crippen MR) is 114 cm³/mol. The molecular weight excluding hydrogens is 417 g/mol. The molecule has 2 unspecified atom stereocenters. The number of aliphatic hydroxyl groups is 1. The summed E-state index contributed by atoms with van der Waals surface area (Å²) in [4.78, 5) is 27.6. The number of hydrogen-bond donors (Lipinski definition) is 1. The molecule has 2 aliphatic rings. The molecule has 1 N–H and O–H groups in total. The topological polar surface area (TPSA) is 85.3 Å². The van der Waals surface area contributed by atoms with Gasteiger partial charge in [-0.2, -0.15) is 0 Å². The van der Waals surface area contributed by atoms with E-state index in [2.05, 4.69) is 0 Å². The van der Waals surface area contributed by atoms with Crippen molar-refractivity contribution in [3.05, 3.63) is 65.0 Å². The molecule has 2 saturated heterocycles. The summed E-state index contributed by atoms with van der Waals surface area (Å²) in [7, 11) is 3.00. The highest BCUT2D eigenvalue weighted by Crippen LogP contribution is 2.44. The number of nitrogens with zero attached hydrogens (tertiary/aromatic N) is 1. The number of ketones is 1. The highest BCUT2D eigenvalue weighted by Gasteiger charge is 2.48. The summed E-state index contributed by atoms with van der Waals surface area (Å²) in [5.74, 6) is -1.45. The van der Waals surface area contributed by atoms with Crippen molar-refractivity contribution >= 4 is 17.4 Å². The number of carbonyl (C=O) groups is 2. The van der Waals surface area contributed by atoms with Gasteiger partial charge in [0.1, 0.15) is 23.1 Å². The molecule has 8 heteroatoms. The van der Waals surface area contributed by atoms with E-state index >= 15 is 0 Å². The SMILES string of the molecule is COc1ccc(C2C(=C(O)c3ccc(F)cc3)C(=O)C(=O)N2CC2CCCO2)c(OC)c1. The van der Waals surface area contributed by atoms with Crippen LogP contribution in [0.3, 0.4) is 0 Å². The van der Waals surface area contributed by atoms with E-state index in [0.717, 1.165) is 12.8 Å². The van der Waals surface area contributed by atoms with Crippen LogP contribution in [0.4, 0.5) is 4.39 Å². The zero-order valence-electron chi connectivity index (χ0n) is 17.8. The largest absolute Gasteiger partial charge is 0.507 e. The number of likely N-dealkylation sites (tertiary alicyclic amines) is 1. The van der Waals surface area contributed by atoms with E-state index in [1.54, 1.807) is 18.2 Å². The smallest absolute Gasteiger partial charge is 0.295 e. The average Bonchev–Trinajstić information content (AvgIpc) is 3.41. The van der Waals surface area contributed by atoms with Crippen LogP contribution in [0.25, 0.3) is 5.76 Å². The summed E-state index contributed by atoms with van der Waals surface area (Å²) in [5.41, 5.74) is 0.677. The molecule has 0 aromatic heterocycles.